The van der Waals surface area contributed by atoms with Gasteiger partial charge in [0.15, 0.2) is 0 Å². The van der Waals surface area contributed by atoms with Gasteiger partial charge >= 0.3 is 0 Å². The molecular formula is C18H20F2N2O2. The van der Waals surface area contributed by atoms with Crippen molar-refractivity contribution in [1.29, 1.82) is 0 Å². The van der Waals surface area contributed by atoms with Crippen LogP contribution in [-0.2, 0) is 6.54 Å². The molecule has 0 fully saturated rings. The van der Waals surface area contributed by atoms with E-state index in [4.69, 9.17) is 0 Å². The second kappa shape index (κ2) is 7.99. The van der Waals surface area contributed by atoms with E-state index in [-0.39, 0.29) is 18.0 Å². The highest BCUT2D eigenvalue weighted by Crippen LogP contribution is 2.21. The number of rotatable bonds is 6. The number of carbonyl (C=O) groups excluding carboxylic acids is 1. The Balaban J connectivity index is 2.00. The lowest BCUT2D eigenvalue weighted by atomic mass is 10.1. The fourth-order valence-corrected chi connectivity index (χ4v) is 2.50. The second-order valence-electron chi connectivity index (χ2n) is 5.62. The van der Waals surface area contributed by atoms with Crippen LogP contribution in [0.15, 0.2) is 42.5 Å². The van der Waals surface area contributed by atoms with E-state index in [1.165, 1.54) is 6.07 Å². The molecule has 2 N–H and O–H groups in total. The fraction of sp³-hybridized carbons (Fsp3) is 0.278. The van der Waals surface area contributed by atoms with Crippen LogP contribution in [0.25, 0.3) is 0 Å². The van der Waals surface area contributed by atoms with Gasteiger partial charge in [0, 0.05) is 25.7 Å². The number of carbonyl (C=O) groups is 1. The molecule has 6 heteroatoms. The molecule has 128 valence electrons. The Hall–Kier alpha value is -2.31. The molecule has 2 rings (SSSR count). The summed E-state index contributed by atoms with van der Waals surface area (Å²) in [5, 5.41) is 12.6. The maximum atomic E-state index is 13.7. The van der Waals surface area contributed by atoms with Gasteiger partial charge in [0.25, 0.3) is 5.91 Å². The highest BCUT2D eigenvalue weighted by Gasteiger charge is 2.19. The van der Waals surface area contributed by atoms with Crippen molar-refractivity contribution in [3.8, 4) is 0 Å². The van der Waals surface area contributed by atoms with Crippen molar-refractivity contribution in [1.82, 2.24) is 10.2 Å². The van der Waals surface area contributed by atoms with Gasteiger partial charge in [0.05, 0.1) is 11.7 Å². The van der Waals surface area contributed by atoms with Gasteiger partial charge in [-0.3, -0.25) is 9.69 Å². The predicted molar refractivity (Wildman–Crippen MR) is 87.5 cm³/mol. The average Bonchev–Trinajstić information content (AvgIpc) is 2.54. The largest absolute Gasteiger partial charge is 0.387 e. The minimum absolute atomic E-state index is 0.0784. The van der Waals surface area contributed by atoms with E-state index in [2.05, 4.69) is 5.32 Å². The summed E-state index contributed by atoms with van der Waals surface area (Å²) in [7, 11) is 3.31. The molecule has 24 heavy (non-hydrogen) atoms. The van der Waals surface area contributed by atoms with E-state index < -0.39 is 17.7 Å². The van der Waals surface area contributed by atoms with Gasteiger partial charge in [0.1, 0.15) is 11.6 Å². The van der Waals surface area contributed by atoms with Gasteiger partial charge in [-0.25, -0.2) is 8.78 Å². The van der Waals surface area contributed by atoms with E-state index in [0.29, 0.717) is 12.1 Å². The van der Waals surface area contributed by atoms with Crippen molar-refractivity contribution in [3.05, 3.63) is 70.8 Å². The van der Waals surface area contributed by atoms with Crippen LogP contribution in [0.4, 0.5) is 8.78 Å². The third kappa shape index (κ3) is 4.37. The second-order valence-corrected chi connectivity index (χ2v) is 5.62. The van der Waals surface area contributed by atoms with Crippen molar-refractivity contribution < 1.29 is 18.7 Å². The standard InChI is InChI=1S/C18H20F2N2O2/c1-21-18(24)13-8-6-12(7-9-13)10-22(2)11-16(23)17-14(19)4-3-5-15(17)20/h3-9,16,23H,10-11H2,1-2H3,(H,21,24). The van der Waals surface area contributed by atoms with E-state index in [1.54, 1.807) is 43.3 Å². The van der Waals surface area contributed by atoms with Crippen LogP contribution in [-0.4, -0.2) is 36.6 Å². The fourth-order valence-electron chi connectivity index (χ4n) is 2.50. The predicted octanol–water partition coefficient (Wildman–Crippen LogP) is 2.49. The number of amides is 1. The summed E-state index contributed by atoms with van der Waals surface area (Å²) >= 11 is 0. The maximum absolute atomic E-state index is 13.7. The van der Waals surface area contributed by atoms with Crippen LogP contribution in [0, 0.1) is 11.6 Å². The minimum Gasteiger partial charge on any atom is -0.387 e. The molecule has 1 unspecified atom stereocenters. The highest BCUT2D eigenvalue weighted by molar-refractivity contribution is 5.93. The quantitative estimate of drug-likeness (QED) is 0.853. The Bertz CT molecular complexity index is 684. The number of aliphatic hydroxyl groups excluding tert-OH is 1. The van der Waals surface area contributed by atoms with Crippen molar-refractivity contribution in [3.63, 3.8) is 0 Å². The lowest BCUT2D eigenvalue weighted by Gasteiger charge is -2.21. The first kappa shape index (κ1) is 18.0. The lowest BCUT2D eigenvalue weighted by Crippen LogP contribution is -2.25. The number of hydrogen-bond acceptors (Lipinski definition) is 3. The molecule has 1 atom stereocenters. The zero-order valence-corrected chi connectivity index (χ0v) is 13.6. The van der Waals surface area contributed by atoms with E-state index >= 15 is 0 Å². The molecule has 0 aliphatic heterocycles. The topological polar surface area (TPSA) is 52.6 Å². The summed E-state index contributed by atoms with van der Waals surface area (Å²) in [6.45, 7) is 0.552. The van der Waals surface area contributed by atoms with Crippen LogP contribution in [0.2, 0.25) is 0 Å². The van der Waals surface area contributed by atoms with E-state index in [0.717, 1.165) is 17.7 Å². The molecule has 0 heterocycles. The molecule has 0 aliphatic rings. The smallest absolute Gasteiger partial charge is 0.251 e. The van der Waals surface area contributed by atoms with Crippen LogP contribution >= 0.6 is 0 Å². The van der Waals surface area contributed by atoms with Gasteiger partial charge in [-0.15, -0.1) is 0 Å². The number of nitrogens with zero attached hydrogens (tertiary/aromatic N) is 1. The number of likely N-dealkylation sites (N-methyl/N-ethyl adjacent to an activating group) is 1. The molecule has 0 spiro atoms. The zero-order valence-electron chi connectivity index (χ0n) is 13.6. The number of benzene rings is 2. The summed E-state index contributed by atoms with van der Waals surface area (Å²) in [5.41, 5.74) is 1.16. The molecule has 1 amide bonds. The molecule has 2 aromatic carbocycles. The molecule has 0 aliphatic carbocycles. The van der Waals surface area contributed by atoms with Gasteiger partial charge in [-0.2, -0.15) is 0 Å². The minimum atomic E-state index is -1.26. The average molecular weight is 334 g/mol. The van der Waals surface area contributed by atoms with Crippen molar-refractivity contribution >= 4 is 5.91 Å². The van der Waals surface area contributed by atoms with Crippen molar-refractivity contribution in [2.75, 3.05) is 20.6 Å². The summed E-state index contributed by atoms with van der Waals surface area (Å²) in [6.07, 6.45) is -1.26. The number of nitrogens with one attached hydrogen (secondary N) is 1. The maximum Gasteiger partial charge on any atom is 0.251 e. The molecule has 2 aromatic rings. The Kier molecular flexibility index (Phi) is 6.00. The van der Waals surface area contributed by atoms with Gasteiger partial charge in [0.2, 0.25) is 0 Å². The highest BCUT2D eigenvalue weighted by atomic mass is 19.1. The first-order chi connectivity index (χ1) is 11.4. The Morgan fingerprint density at radius 1 is 1.17 bits per heavy atom. The Morgan fingerprint density at radius 3 is 2.29 bits per heavy atom. The van der Waals surface area contributed by atoms with Crippen LogP contribution in [0.1, 0.15) is 27.6 Å². The zero-order chi connectivity index (χ0) is 17.7. The molecule has 0 saturated carbocycles. The van der Waals surface area contributed by atoms with Crippen LogP contribution < -0.4 is 5.32 Å². The van der Waals surface area contributed by atoms with Gasteiger partial charge in [-0.05, 0) is 36.9 Å². The monoisotopic (exact) mass is 334 g/mol. The summed E-state index contributed by atoms with van der Waals surface area (Å²) in [5.74, 6) is -1.68. The Labute approximate surface area is 139 Å². The lowest BCUT2D eigenvalue weighted by molar-refractivity contribution is 0.0963. The van der Waals surface area contributed by atoms with Gasteiger partial charge < -0.3 is 10.4 Å². The molecule has 0 bridgehead atoms. The summed E-state index contributed by atoms with van der Waals surface area (Å²) in [4.78, 5) is 13.2. The first-order valence-electron chi connectivity index (χ1n) is 7.54. The van der Waals surface area contributed by atoms with Crippen molar-refractivity contribution in [2.45, 2.75) is 12.6 Å². The number of halogens is 2. The molecule has 0 aromatic heterocycles. The third-order valence-electron chi connectivity index (χ3n) is 3.71. The number of aliphatic hydroxyl groups is 1. The molecule has 4 nitrogen and oxygen atoms in total. The van der Waals surface area contributed by atoms with Crippen LogP contribution in [0.5, 0.6) is 0 Å². The molecule has 0 radical (unpaired) electrons. The molecule has 0 saturated heterocycles. The first-order valence-corrected chi connectivity index (χ1v) is 7.54. The Morgan fingerprint density at radius 2 is 1.75 bits per heavy atom. The van der Waals surface area contributed by atoms with E-state index in [1.807, 2.05) is 0 Å². The summed E-state index contributed by atoms with van der Waals surface area (Å²) < 4.78 is 27.4. The molecular weight excluding hydrogens is 314 g/mol. The SMILES string of the molecule is CNC(=O)c1ccc(CN(C)CC(O)c2c(F)cccc2F)cc1. The summed E-state index contributed by atoms with van der Waals surface area (Å²) in [6, 6.07) is 10.5. The van der Waals surface area contributed by atoms with Crippen molar-refractivity contribution in [2.24, 2.45) is 0 Å². The van der Waals surface area contributed by atoms with E-state index in [9.17, 15) is 18.7 Å². The normalized spacial score (nSPS) is 12.2. The number of hydrogen-bond donors (Lipinski definition) is 2. The van der Waals surface area contributed by atoms with Gasteiger partial charge in [-0.1, -0.05) is 18.2 Å². The third-order valence-corrected chi connectivity index (χ3v) is 3.71. The van der Waals surface area contributed by atoms with Crippen LogP contribution in [0.3, 0.4) is 0 Å².